The summed E-state index contributed by atoms with van der Waals surface area (Å²) in [5.74, 6) is 1.46. The van der Waals surface area contributed by atoms with Crippen LogP contribution in [0.15, 0.2) is 42.5 Å². The summed E-state index contributed by atoms with van der Waals surface area (Å²) in [6.45, 7) is 0. The van der Waals surface area contributed by atoms with Gasteiger partial charge < -0.3 is 5.32 Å². The lowest BCUT2D eigenvalue weighted by Crippen LogP contribution is -2.19. The highest BCUT2D eigenvalue weighted by Gasteiger charge is 2.10. The Kier molecular flexibility index (Phi) is 7.20. The van der Waals surface area contributed by atoms with Gasteiger partial charge >= 0.3 is 6.03 Å². The van der Waals surface area contributed by atoms with Gasteiger partial charge in [-0.2, -0.15) is 0 Å². The highest BCUT2D eigenvalue weighted by molar-refractivity contribution is 7.97. The SMILES string of the molecule is O=C(Nc1ccc(Cl)c(Cl)c1)Nc1nnc(CSCc2ccccc2Cl)s1. The average Bonchev–Trinajstić information content (AvgIpc) is 3.07. The first-order valence-electron chi connectivity index (χ1n) is 7.68. The fourth-order valence-electron chi connectivity index (χ4n) is 2.06. The minimum Gasteiger partial charge on any atom is -0.308 e. The maximum absolute atomic E-state index is 12.0. The Bertz CT molecular complexity index is 951. The molecule has 0 aliphatic rings. The van der Waals surface area contributed by atoms with Gasteiger partial charge in [-0.1, -0.05) is 64.3 Å². The maximum Gasteiger partial charge on any atom is 0.325 e. The van der Waals surface area contributed by atoms with Gasteiger partial charge in [0.1, 0.15) is 5.01 Å². The largest absolute Gasteiger partial charge is 0.325 e. The smallest absolute Gasteiger partial charge is 0.308 e. The molecule has 0 atom stereocenters. The van der Waals surface area contributed by atoms with Crippen LogP contribution in [0.4, 0.5) is 15.6 Å². The number of amides is 2. The van der Waals surface area contributed by atoms with Crippen molar-refractivity contribution in [2.45, 2.75) is 11.5 Å². The molecule has 0 saturated carbocycles. The van der Waals surface area contributed by atoms with Crippen molar-refractivity contribution in [1.29, 1.82) is 0 Å². The summed E-state index contributed by atoms with van der Waals surface area (Å²) < 4.78 is 0. The van der Waals surface area contributed by atoms with Gasteiger partial charge in [0.15, 0.2) is 0 Å². The summed E-state index contributed by atoms with van der Waals surface area (Å²) in [6.07, 6.45) is 0. The van der Waals surface area contributed by atoms with E-state index in [0.29, 0.717) is 26.6 Å². The molecule has 1 aromatic heterocycles. The van der Waals surface area contributed by atoms with Gasteiger partial charge in [-0.05, 0) is 29.8 Å². The Labute approximate surface area is 179 Å². The second-order valence-electron chi connectivity index (χ2n) is 5.29. The molecule has 140 valence electrons. The number of thioether (sulfide) groups is 1. The van der Waals surface area contributed by atoms with Gasteiger partial charge in [-0.25, -0.2) is 4.79 Å². The van der Waals surface area contributed by atoms with E-state index >= 15 is 0 Å². The van der Waals surface area contributed by atoms with Crippen LogP contribution in [-0.2, 0) is 11.5 Å². The van der Waals surface area contributed by atoms with Gasteiger partial charge in [0.2, 0.25) is 5.13 Å². The van der Waals surface area contributed by atoms with Crippen molar-refractivity contribution in [2.75, 3.05) is 10.6 Å². The molecule has 0 radical (unpaired) electrons. The summed E-state index contributed by atoms with van der Waals surface area (Å²) in [5, 5.41) is 16.2. The van der Waals surface area contributed by atoms with E-state index in [1.54, 1.807) is 30.0 Å². The van der Waals surface area contributed by atoms with Crippen molar-refractivity contribution < 1.29 is 4.79 Å². The molecule has 2 amide bonds. The number of hydrogen-bond donors (Lipinski definition) is 2. The Morgan fingerprint density at radius 3 is 2.56 bits per heavy atom. The number of benzene rings is 2. The number of urea groups is 1. The van der Waals surface area contributed by atoms with Gasteiger partial charge in [0, 0.05) is 22.2 Å². The zero-order chi connectivity index (χ0) is 19.2. The minimum atomic E-state index is -0.431. The standard InChI is InChI=1S/C17H13Cl3N4OS2/c18-12-4-2-1-3-10(12)8-26-9-15-23-24-17(27-15)22-16(25)21-11-5-6-13(19)14(20)7-11/h1-7H,8-9H2,(H2,21,22,24,25). The van der Waals surface area contributed by atoms with E-state index in [-0.39, 0.29) is 0 Å². The molecule has 2 N–H and O–H groups in total. The summed E-state index contributed by atoms with van der Waals surface area (Å²) in [5.41, 5.74) is 1.61. The van der Waals surface area contributed by atoms with Crippen LogP contribution in [0, 0.1) is 0 Å². The van der Waals surface area contributed by atoms with Crippen LogP contribution in [0.2, 0.25) is 15.1 Å². The number of carbonyl (C=O) groups is 1. The summed E-state index contributed by atoms with van der Waals surface area (Å²) in [7, 11) is 0. The Morgan fingerprint density at radius 2 is 1.78 bits per heavy atom. The number of hydrogen-bond acceptors (Lipinski definition) is 5. The van der Waals surface area contributed by atoms with Crippen LogP contribution >= 0.6 is 57.9 Å². The molecule has 3 aromatic rings. The highest BCUT2D eigenvalue weighted by atomic mass is 35.5. The average molecular weight is 460 g/mol. The number of halogens is 3. The van der Waals surface area contributed by atoms with Crippen molar-refractivity contribution in [1.82, 2.24) is 10.2 Å². The fourth-order valence-corrected chi connectivity index (χ4v) is 4.46. The lowest BCUT2D eigenvalue weighted by atomic mass is 10.2. The predicted molar refractivity (Wildman–Crippen MR) is 115 cm³/mol. The van der Waals surface area contributed by atoms with Gasteiger partial charge in [-0.15, -0.1) is 22.0 Å². The lowest BCUT2D eigenvalue weighted by molar-refractivity contribution is 0.262. The van der Waals surface area contributed by atoms with E-state index in [0.717, 1.165) is 21.3 Å². The fraction of sp³-hybridized carbons (Fsp3) is 0.118. The molecule has 0 aliphatic carbocycles. The molecule has 3 rings (SSSR count). The van der Waals surface area contributed by atoms with E-state index in [1.165, 1.54) is 11.3 Å². The number of aromatic nitrogens is 2. The van der Waals surface area contributed by atoms with Crippen molar-refractivity contribution in [3.63, 3.8) is 0 Å². The molecule has 10 heteroatoms. The Hall–Kier alpha value is -1.51. The molecule has 0 fully saturated rings. The molecule has 1 heterocycles. The molecular formula is C17H13Cl3N4OS2. The molecule has 0 bridgehead atoms. The van der Waals surface area contributed by atoms with Crippen LogP contribution in [0.5, 0.6) is 0 Å². The van der Waals surface area contributed by atoms with E-state index in [4.69, 9.17) is 34.8 Å². The second kappa shape index (κ2) is 9.61. The molecule has 5 nitrogen and oxygen atoms in total. The minimum absolute atomic E-state index is 0.364. The molecule has 0 spiro atoms. The van der Waals surface area contributed by atoms with E-state index < -0.39 is 6.03 Å². The third-order valence-corrected chi connectivity index (χ3v) is 6.43. The molecule has 0 unspecified atom stereocenters. The highest BCUT2D eigenvalue weighted by Crippen LogP contribution is 2.27. The van der Waals surface area contributed by atoms with Crippen LogP contribution in [0.25, 0.3) is 0 Å². The number of carbonyl (C=O) groups excluding carboxylic acids is 1. The van der Waals surface area contributed by atoms with E-state index in [2.05, 4.69) is 20.8 Å². The first-order valence-corrected chi connectivity index (χ1v) is 10.8. The molecule has 2 aromatic carbocycles. The van der Waals surface area contributed by atoms with Crippen LogP contribution in [-0.4, -0.2) is 16.2 Å². The molecule has 27 heavy (non-hydrogen) atoms. The number of anilines is 2. The molecular weight excluding hydrogens is 447 g/mol. The van der Waals surface area contributed by atoms with Crippen molar-refractivity contribution >= 4 is 74.8 Å². The number of nitrogens with zero attached hydrogens (tertiary/aromatic N) is 2. The van der Waals surface area contributed by atoms with Crippen molar-refractivity contribution in [3.8, 4) is 0 Å². The first-order chi connectivity index (χ1) is 13.0. The van der Waals surface area contributed by atoms with Gasteiger partial charge in [-0.3, -0.25) is 5.32 Å². The second-order valence-corrected chi connectivity index (χ2v) is 8.56. The number of rotatable bonds is 6. The van der Waals surface area contributed by atoms with Crippen LogP contribution in [0.3, 0.4) is 0 Å². The Morgan fingerprint density at radius 1 is 0.963 bits per heavy atom. The Balaban J connectivity index is 1.49. The third kappa shape index (κ3) is 5.99. The van der Waals surface area contributed by atoms with E-state index in [9.17, 15) is 4.79 Å². The monoisotopic (exact) mass is 458 g/mol. The topological polar surface area (TPSA) is 66.9 Å². The normalized spacial score (nSPS) is 10.6. The predicted octanol–water partition coefficient (Wildman–Crippen LogP) is 6.58. The summed E-state index contributed by atoms with van der Waals surface area (Å²) >= 11 is 20.9. The van der Waals surface area contributed by atoms with Gasteiger partial charge in [0.05, 0.1) is 10.0 Å². The molecule has 0 aliphatic heterocycles. The number of nitrogens with one attached hydrogen (secondary N) is 2. The zero-order valence-electron chi connectivity index (χ0n) is 13.7. The zero-order valence-corrected chi connectivity index (χ0v) is 17.6. The van der Waals surface area contributed by atoms with Crippen LogP contribution in [0.1, 0.15) is 10.6 Å². The molecule has 0 saturated heterocycles. The maximum atomic E-state index is 12.0. The van der Waals surface area contributed by atoms with E-state index in [1.807, 2.05) is 24.3 Å². The lowest BCUT2D eigenvalue weighted by Gasteiger charge is -2.06. The first kappa shape index (κ1) is 20.2. The third-order valence-electron chi connectivity index (χ3n) is 3.31. The van der Waals surface area contributed by atoms with Crippen molar-refractivity contribution in [3.05, 3.63) is 68.1 Å². The van der Waals surface area contributed by atoms with Crippen molar-refractivity contribution in [2.24, 2.45) is 0 Å². The van der Waals surface area contributed by atoms with Crippen LogP contribution < -0.4 is 10.6 Å². The summed E-state index contributed by atoms with van der Waals surface area (Å²) in [4.78, 5) is 12.0. The van der Waals surface area contributed by atoms with Gasteiger partial charge in [0.25, 0.3) is 0 Å². The summed E-state index contributed by atoms with van der Waals surface area (Å²) in [6, 6.07) is 12.1. The quantitative estimate of drug-likeness (QED) is 0.437.